The number of benzene rings is 1. The minimum Gasteiger partial charge on any atom is -0.326 e. The number of carbonyl (C=O) groups excluding carboxylic acids is 1. The molecule has 1 atom stereocenters. The average Bonchev–Trinajstić information content (AvgIpc) is 2.37. The van der Waals surface area contributed by atoms with Crippen molar-refractivity contribution < 1.29 is 9.18 Å². The third-order valence-electron chi connectivity index (χ3n) is 3.19. The maximum absolute atomic E-state index is 13.3. The van der Waals surface area contributed by atoms with Gasteiger partial charge < -0.3 is 10.6 Å². The third-order valence-corrected chi connectivity index (χ3v) is 3.80. The van der Waals surface area contributed by atoms with E-state index < -0.39 is 0 Å². The first-order valence-electron chi connectivity index (χ1n) is 6.05. The summed E-state index contributed by atoms with van der Waals surface area (Å²) in [5, 5.41) is 6.08. The van der Waals surface area contributed by atoms with E-state index in [9.17, 15) is 9.18 Å². The molecule has 1 amide bonds. The Bertz CT molecular complexity index is 459. The molecule has 0 saturated carbocycles. The summed E-state index contributed by atoms with van der Waals surface area (Å²) < 4.78 is 13.6. The van der Waals surface area contributed by atoms with Crippen molar-refractivity contribution in [3.8, 4) is 0 Å². The lowest BCUT2D eigenvalue weighted by Gasteiger charge is -2.22. The highest BCUT2D eigenvalue weighted by molar-refractivity contribution is 9.10. The second kappa shape index (κ2) is 5.80. The van der Waals surface area contributed by atoms with E-state index in [-0.39, 0.29) is 17.6 Å². The maximum Gasteiger partial charge on any atom is 0.228 e. The number of piperidine rings is 1. The highest BCUT2D eigenvalue weighted by Crippen LogP contribution is 2.25. The van der Waals surface area contributed by atoms with E-state index >= 15 is 0 Å². The topological polar surface area (TPSA) is 41.1 Å². The largest absolute Gasteiger partial charge is 0.326 e. The number of halogens is 2. The van der Waals surface area contributed by atoms with Crippen LogP contribution < -0.4 is 10.6 Å². The van der Waals surface area contributed by atoms with Crippen molar-refractivity contribution in [3.05, 3.63) is 28.0 Å². The SMILES string of the molecule is Cc1cc(F)c(Br)cc1NC(=O)[C@@H]1CCCNC1. The van der Waals surface area contributed by atoms with Crippen molar-refractivity contribution in [1.82, 2.24) is 5.32 Å². The number of aryl methyl sites for hydroxylation is 1. The Hall–Kier alpha value is -0.940. The van der Waals surface area contributed by atoms with Crippen LogP contribution in [0.25, 0.3) is 0 Å². The highest BCUT2D eigenvalue weighted by atomic mass is 79.9. The molecule has 0 aromatic heterocycles. The molecular weight excluding hydrogens is 299 g/mol. The number of hydrogen-bond donors (Lipinski definition) is 2. The second-order valence-corrected chi connectivity index (χ2v) is 5.47. The first-order valence-corrected chi connectivity index (χ1v) is 6.84. The summed E-state index contributed by atoms with van der Waals surface area (Å²) in [4.78, 5) is 12.1. The first-order chi connectivity index (χ1) is 8.58. The van der Waals surface area contributed by atoms with E-state index in [0.29, 0.717) is 16.7 Å². The van der Waals surface area contributed by atoms with E-state index in [2.05, 4.69) is 26.6 Å². The summed E-state index contributed by atoms with van der Waals surface area (Å²) in [6.07, 6.45) is 1.92. The highest BCUT2D eigenvalue weighted by Gasteiger charge is 2.21. The number of nitrogens with one attached hydrogen (secondary N) is 2. The van der Waals surface area contributed by atoms with Gasteiger partial charge in [-0.1, -0.05) is 0 Å². The Labute approximate surface area is 114 Å². The Morgan fingerprint density at radius 2 is 2.33 bits per heavy atom. The fraction of sp³-hybridized carbons (Fsp3) is 0.462. The molecular formula is C13H16BrFN2O. The van der Waals surface area contributed by atoms with Crippen molar-refractivity contribution >= 4 is 27.5 Å². The minimum absolute atomic E-state index is 0.00183. The van der Waals surface area contributed by atoms with Crippen molar-refractivity contribution in [1.29, 1.82) is 0 Å². The molecule has 0 unspecified atom stereocenters. The number of hydrogen-bond acceptors (Lipinski definition) is 2. The van der Waals surface area contributed by atoms with Gasteiger partial charge in [0.15, 0.2) is 0 Å². The lowest BCUT2D eigenvalue weighted by atomic mass is 9.98. The van der Waals surface area contributed by atoms with Gasteiger partial charge in [-0.05, 0) is 59.9 Å². The number of rotatable bonds is 2. The third kappa shape index (κ3) is 3.09. The van der Waals surface area contributed by atoms with E-state index in [1.165, 1.54) is 6.07 Å². The Morgan fingerprint density at radius 3 is 3.00 bits per heavy atom. The number of amides is 1. The van der Waals surface area contributed by atoms with Crippen molar-refractivity contribution in [3.63, 3.8) is 0 Å². The van der Waals surface area contributed by atoms with Gasteiger partial charge in [-0.15, -0.1) is 0 Å². The van der Waals surface area contributed by atoms with Crippen molar-refractivity contribution in [2.75, 3.05) is 18.4 Å². The molecule has 1 aliphatic rings. The Morgan fingerprint density at radius 1 is 1.56 bits per heavy atom. The molecule has 98 valence electrons. The van der Waals surface area contributed by atoms with Gasteiger partial charge in [-0.3, -0.25) is 4.79 Å². The molecule has 1 fully saturated rings. The summed E-state index contributed by atoms with van der Waals surface area (Å²) in [6.45, 7) is 3.47. The average molecular weight is 315 g/mol. The molecule has 18 heavy (non-hydrogen) atoms. The van der Waals surface area contributed by atoms with Gasteiger partial charge in [0, 0.05) is 12.2 Å². The molecule has 0 bridgehead atoms. The van der Waals surface area contributed by atoms with Crippen LogP contribution in [0.15, 0.2) is 16.6 Å². The van der Waals surface area contributed by atoms with Gasteiger partial charge in [-0.25, -0.2) is 4.39 Å². The van der Waals surface area contributed by atoms with Crippen LogP contribution in [-0.2, 0) is 4.79 Å². The molecule has 0 spiro atoms. The first kappa shape index (κ1) is 13.5. The van der Waals surface area contributed by atoms with Crippen LogP contribution in [0.4, 0.5) is 10.1 Å². The van der Waals surface area contributed by atoms with Crippen molar-refractivity contribution in [2.24, 2.45) is 5.92 Å². The summed E-state index contributed by atoms with van der Waals surface area (Å²) in [6, 6.07) is 3.03. The van der Waals surface area contributed by atoms with Crippen LogP contribution in [0.3, 0.4) is 0 Å². The minimum atomic E-state index is -0.315. The molecule has 2 rings (SSSR count). The summed E-state index contributed by atoms with van der Waals surface area (Å²) in [7, 11) is 0. The molecule has 3 nitrogen and oxygen atoms in total. The van der Waals surface area contributed by atoms with Crippen LogP contribution in [0.2, 0.25) is 0 Å². The van der Waals surface area contributed by atoms with Gasteiger partial charge in [0.1, 0.15) is 5.82 Å². The van der Waals surface area contributed by atoms with Gasteiger partial charge in [0.05, 0.1) is 10.4 Å². The quantitative estimate of drug-likeness (QED) is 0.881. The molecule has 1 aromatic carbocycles. The summed E-state index contributed by atoms with van der Waals surface area (Å²) >= 11 is 3.13. The molecule has 1 aliphatic heterocycles. The fourth-order valence-electron chi connectivity index (χ4n) is 2.09. The maximum atomic E-state index is 13.3. The van der Waals surface area contributed by atoms with E-state index in [1.54, 1.807) is 13.0 Å². The lowest BCUT2D eigenvalue weighted by molar-refractivity contribution is -0.120. The second-order valence-electron chi connectivity index (χ2n) is 4.61. The molecule has 1 heterocycles. The monoisotopic (exact) mass is 314 g/mol. The van der Waals surface area contributed by atoms with E-state index in [0.717, 1.165) is 24.9 Å². The molecule has 2 N–H and O–H groups in total. The van der Waals surface area contributed by atoms with Gasteiger partial charge in [0.2, 0.25) is 5.91 Å². The summed E-state index contributed by atoms with van der Waals surface area (Å²) in [5.41, 5.74) is 1.40. The van der Waals surface area contributed by atoms with E-state index in [4.69, 9.17) is 0 Å². The van der Waals surface area contributed by atoms with Gasteiger partial charge in [-0.2, -0.15) is 0 Å². The van der Waals surface area contributed by atoms with Crippen LogP contribution in [0, 0.1) is 18.7 Å². The predicted molar refractivity (Wildman–Crippen MR) is 73.1 cm³/mol. The Kier molecular flexibility index (Phi) is 4.35. The lowest BCUT2D eigenvalue weighted by Crippen LogP contribution is -2.37. The molecule has 1 saturated heterocycles. The van der Waals surface area contributed by atoms with Gasteiger partial charge >= 0.3 is 0 Å². The summed E-state index contributed by atoms with van der Waals surface area (Å²) in [5.74, 6) is -0.310. The standard InChI is InChI=1S/C13H16BrFN2O/c1-8-5-11(15)10(14)6-12(8)17-13(18)9-3-2-4-16-7-9/h5-6,9,16H,2-4,7H2,1H3,(H,17,18)/t9-/m1/s1. The van der Waals surface area contributed by atoms with E-state index in [1.807, 2.05) is 0 Å². The van der Waals surface area contributed by atoms with Gasteiger partial charge in [0.25, 0.3) is 0 Å². The zero-order chi connectivity index (χ0) is 13.1. The van der Waals surface area contributed by atoms with Crippen LogP contribution in [0.5, 0.6) is 0 Å². The molecule has 1 aromatic rings. The smallest absolute Gasteiger partial charge is 0.228 e. The normalized spacial score (nSPS) is 19.6. The fourth-order valence-corrected chi connectivity index (χ4v) is 2.43. The number of anilines is 1. The zero-order valence-corrected chi connectivity index (χ0v) is 11.8. The zero-order valence-electron chi connectivity index (χ0n) is 10.2. The van der Waals surface area contributed by atoms with Crippen LogP contribution >= 0.6 is 15.9 Å². The molecule has 0 aliphatic carbocycles. The molecule has 0 radical (unpaired) electrons. The van der Waals surface area contributed by atoms with Crippen molar-refractivity contribution in [2.45, 2.75) is 19.8 Å². The predicted octanol–water partition coefficient (Wildman–Crippen LogP) is 2.83. The van der Waals surface area contributed by atoms with Crippen LogP contribution in [-0.4, -0.2) is 19.0 Å². The Balaban J connectivity index is 2.08. The molecule has 5 heteroatoms. The van der Waals surface area contributed by atoms with Crippen LogP contribution in [0.1, 0.15) is 18.4 Å². The number of carbonyl (C=O) groups is 1.